The van der Waals surface area contributed by atoms with E-state index in [4.69, 9.17) is 4.74 Å². The van der Waals surface area contributed by atoms with E-state index in [9.17, 15) is 18.0 Å². The van der Waals surface area contributed by atoms with E-state index in [0.717, 1.165) is 26.1 Å². The minimum Gasteiger partial charge on any atom is -0.452 e. The summed E-state index contributed by atoms with van der Waals surface area (Å²) in [7, 11) is 0. The number of halogens is 3. The molecule has 0 fully saturated rings. The average Bonchev–Trinajstić information content (AvgIpc) is 2.94. The Morgan fingerprint density at radius 3 is 2.78 bits per heavy atom. The van der Waals surface area contributed by atoms with E-state index in [1.165, 1.54) is 0 Å². The molecule has 0 amide bonds. The first-order valence-electron chi connectivity index (χ1n) is 8.18. The minimum atomic E-state index is -5.07. The van der Waals surface area contributed by atoms with Crippen molar-refractivity contribution in [2.75, 3.05) is 6.54 Å². The zero-order valence-corrected chi connectivity index (χ0v) is 14.7. The van der Waals surface area contributed by atoms with Crippen molar-refractivity contribution in [1.82, 2.24) is 5.32 Å². The third-order valence-electron chi connectivity index (χ3n) is 4.13. The number of carbonyl (C=O) groups is 1. The van der Waals surface area contributed by atoms with Crippen LogP contribution in [0, 0.1) is 0 Å². The molecule has 3 aromatic rings. The van der Waals surface area contributed by atoms with E-state index in [1.807, 2.05) is 48.5 Å². The molecule has 27 heavy (non-hydrogen) atoms. The molecule has 1 unspecified atom stereocenters. The van der Waals surface area contributed by atoms with Gasteiger partial charge < -0.3 is 14.8 Å². The number of hydrogen-bond donors (Lipinski definition) is 1. The molecule has 0 aliphatic carbocycles. The Hall–Kier alpha value is -2.58. The summed E-state index contributed by atoms with van der Waals surface area (Å²) in [5, 5.41) is 4.02. The molecular formula is C19H14F3NO3S. The normalized spacial score (nSPS) is 17.1. The predicted molar refractivity (Wildman–Crippen MR) is 95.5 cm³/mol. The summed E-state index contributed by atoms with van der Waals surface area (Å²) < 4.78 is 48.8. The number of benzene rings is 2. The Bertz CT molecular complexity index is 966. The number of alkyl halides is 3. The molecule has 1 aromatic heterocycles. The largest absolute Gasteiger partial charge is 0.491 e. The maximum Gasteiger partial charge on any atom is 0.491 e. The highest BCUT2D eigenvalue weighted by Crippen LogP contribution is 2.41. The lowest BCUT2D eigenvalue weighted by Crippen LogP contribution is -2.37. The Kier molecular flexibility index (Phi) is 4.53. The standard InChI is InChI=1S/C19H14F3NO3S/c20-19(21,22)18(24)26-16-10-23-9-12-5-3-6-13(17(12)25-16)15-8-11-4-1-2-7-14(11)27-15/h1-8,16,23H,9-10H2. The van der Waals surface area contributed by atoms with Gasteiger partial charge in [-0.2, -0.15) is 13.2 Å². The second kappa shape index (κ2) is 6.86. The molecule has 2 heterocycles. The van der Waals surface area contributed by atoms with Crippen LogP contribution in [0.1, 0.15) is 5.56 Å². The number of nitrogens with one attached hydrogen (secondary N) is 1. The van der Waals surface area contributed by atoms with Crippen LogP contribution >= 0.6 is 11.3 Å². The molecule has 4 nitrogen and oxygen atoms in total. The Balaban J connectivity index is 1.69. The number of esters is 1. The number of hydrogen-bond acceptors (Lipinski definition) is 5. The monoisotopic (exact) mass is 393 g/mol. The van der Waals surface area contributed by atoms with Gasteiger partial charge in [-0.05, 0) is 23.6 Å². The lowest BCUT2D eigenvalue weighted by atomic mass is 10.1. The summed E-state index contributed by atoms with van der Waals surface area (Å²) in [5.41, 5.74) is 1.54. The van der Waals surface area contributed by atoms with E-state index >= 15 is 0 Å². The number of rotatable bonds is 2. The van der Waals surface area contributed by atoms with Gasteiger partial charge in [0.1, 0.15) is 5.75 Å². The van der Waals surface area contributed by atoms with Crippen molar-refractivity contribution < 1.29 is 27.4 Å². The van der Waals surface area contributed by atoms with Crippen LogP contribution in [0.15, 0.2) is 48.5 Å². The molecule has 1 N–H and O–H groups in total. The number of para-hydroxylation sites is 1. The van der Waals surface area contributed by atoms with Gasteiger partial charge in [0.05, 0.1) is 6.54 Å². The van der Waals surface area contributed by atoms with Crippen LogP contribution in [-0.2, 0) is 16.1 Å². The number of fused-ring (bicyclic) bond motifs is 2. The molecule has 8 heteroatoms. The van der Waals surface area contributed by atoms with Crippen molar-refractivity contribution in [1.29, 1.82) is 0 Å². The van der Waals surface area contributed by atoms with Gasteiger partial charge in [0.2, 0.25) is 0 Å². The van der Waals surface area contributed by atoms with Crippen molar-refractivity contribution in [2.24, 2.45) is 0 Å². The fraction of sp³-hybridized carbons (Fsp3) is 0.211. The summed E-state index contributed by atoms with van der Waals surface area (Å²) in [6, 6.07) is 15.4. The fourth-order valence-corrected chi connectivity index (χ4v) is 4.01. The molecule has 4 rings (SSSR count). The van der Waals surface area contributed by atoms with Crippen LogP contribution in [0.2, 0.25) is 0 Å². The van der Waals surface area contributed by atoms with Gasteiger partial charge in [-0.1, -0.05) is 30.3 Å². The van der Waals surface area contributed by atoms with Gasteiger partial charge >= 0.3 is 12.1 Å². The summed E-state index contributed by atoms with van der Waals surface area (Å²) in [4.78, 5) is 12.1. The first-order chi connectivity index (χ1) is 12.9. The topological polar surface area (TPSA) is 47.6 Å². The Morgan fingerprint density at radius 2 is 2.00 bits per heavy atom. The molecule has 1 aliphatic heterocycles. The third kappa shape index (κ3) is 3.63. The molecule has 140 valence electrons. The maximum atomic E-state index is 12.5. The molecular weight excluding hydrogens is 379 g/mol. The van der Waals surface area contributed by atoms with Gasteiger partial charge in [0, 0.05) is 27.2 Å². The molecule has 2 aromatic carbocycles. The number of ether oxygens (including phenoxy) is 2. The van der Waals surface area contributed by atoms with Gasteiger partial charge in [-0.15, -0.1) is 11.3 Å². The fourth-order valence-electron chi connectivity index (χ4n) is 2.92. The van der Waals surface area contributed by atoms with E-state index in [1.54, 1.807) is 11.3 Å². The highest BCUT2D eigenvalue weighted by Gasteiger charge is 2.43. The van der Waals surface area contributed by atoms with Crippen LogP contribution in [0.4, 0.5) is 13.2 Å². The average molecular weight is 393 g/mol. The molecule has 0 saturated carbocycles. The van der Waals surface area contributed by atoms with E-state index in [-0.39, 0.29) is 6.54 Å². The summed E-state index contributed by atoms with van der Waals surface area (Å²) in [5.74, 6) is -1.84. The maximum absolute atomic E-state index is 12.5. The lowest BCUT2D eigenvalue weighted by molar-refractivity contribution is -0.215. The third-order valence-corrected chi connectivity index (χ3v) is 5.28. The lowest BCUT2D eigenvalue weighted by Gasteiger charge is -2.19. The Morgan fingerprint density at radius 1 is 1.19 bits per heavy atom. The zero-order chi connectivity index (χ0) is 19.0. The van der Waals surface area contributed by atoms with Crippen LogP contribution in [0.25, 0.3) is 20.5 Å². The number of carbonyl (C=O) groups excluding carboxylic acids is 1. The van der Waals surface area contributed by atoms with E-state index in [0.29, 0.717) is 12.3 Å². The summed E-state index contributed by atoms with van der Waals surface area (Å²) >= 11 is 1.56. The molecule has 0 spiro atoms. The molecule has 0 bridgehead atoms. The molecule has 1 aliphatic rings. The van der Waals surface area contributed by atoms with Gasteiger partial charge in [-0.3, -0.25) is 0 Å². The van der Waals surface area contributed by atoms with Gasteiger partial charge in [-0.25, -0.2) is 4.79 Å². The van der Waals surface area contributed by atoms with Gasteiger partial charge in [0.15, 0.2) is 0 Å². The van der Waals surface area contributed by atoms with Crippen molar-refractivity contribution in [3.05, 3.63) is 54.1 Å². The summed E-state index contributed by atoms with van der Waals surface area (Å²) in [6.45, 7) is 0.358. The quantitative estimate of drug-likeness (QED) is 0.652. The first kappa shape index (κ1) is 17.8. The van der Waals surface area contributed by atoms with E-state index < -0.39 is 18.4 Å². The molecule has 0 saturated heterocycles. The number of thiophene rings is 1. The highest BCUT2D eigenvalue weighted by molar-refractivity contribution is 7.22. The second-order valence-corrected chi connectivity index (χ2v) is 7.11. The SMILES string of the molecule is O=C(OC1CNCc2cccc(-c3cc4ccccc4s3)c2O1)C(F)(F)F. The van der Waals surface area contributed by atoms with Crippen molar-refractivity contribution in [3.63, 3.8) is 0 Å². The van der Waals surface area contributed by atoms with Crippen molar-refractivity contribution in [3.8, 4) is 16.2 Å². The van der Waals surface area contributed by atoms with E-state index in [2.05, 4.69) is 10.1 Å². The zero-order valence-electron chi connectivity index (χ0n) is 13.9. The molecule has 1 atom stereocenters. The minimum absolute atomic E-state index is 0.0393. The van der Waals surface area contributed by atoms with Gasteiger partial charge in [0.25, 0.3) is 6.29 Å². The van der Waals surface area contributed by atoms with Crippen LogP contribution < -0.4 is 10.1 Å². The predicted octanol–water partition coefficient (Wildman–Crippen LogP) is 4.48. The second-order valence-electron chi connectivity index (χ2n) is 6.02. The molecule has 0 radical (unpaired) electrons. The van der Waals surface area contributed by atoms with Crippen LogP contribution in [0.5, 0.6) is 5.75 Å². The summed E-state index contributed by atoms with van der Waals surface area (Å²) in [6.07, 6.45) is -6.43. The van der Waals surface area contributed by atoms with Crippen molar-refractivity contribution in [2.45, 2.75) is 19.0 Å². The Labute approximate surface area is 156 Å². The van der Waals surface area contributed by atoms with Crippen LogP contribution in [-0.4, -0.2) is 25.0 Å². The first-order valence-corrected chi connectivity index (χ1v) is 8.99. The highest BCUT2D eigenvalue weighted by atomic mass is 32.1. The van der Waals surface area contributed by atoms with Crippen LogP contribution in [0.3, 0.4) is 0 Å². The smallest absolute Gasteiger partial charge is 0.452 e. The van der Waals surface area contributed by atoms with Crippen molar-refractivity contribution >= 4 is 27.4 Å².